The summed E-state index contributed by atoms with van der Waals surface area (Å²) in [6, 6.07) is 16.6. The number of ketones is 2. The van der Waals surface area contributed by atoms with Crippen LogP contribution in [-0.4, -0.2) is 11.6 Å². The summed E-state index contributed by atoms with van der Waals surface area (Å²) in [4.78, 5) is 24.1. The molecule has 0 amide bonds. The Morgan fingerprint density at radius 2 is 1.74 bits per heavy atom. The first-order chi connectivity index (χ1) is 9.09. The van der Waals surface area contributed by atoms with Crippen molar-refractivity contribution in [2.75, 3.05) is 0 Å². The fourth-order valence-electron chi connectivity index (χ4n) is 1.72. The smallest absolute Gasteiger partial charge is 0.193 e. The van der Waals surface area contributed by atoms with E-state index in [0.29, 0.717) is 22.3 Å². The van der Waals surface area contributed by atoms with E-state index in [9.17, 15) is 9.59 Å². The first-order valence-corrected chi connectivity index (χ1v) is 5.91. The summed E-state index contributed by atoms with van der Waals surface area (Å²) in [5, 5.41) is 0. The Bertz CT molecular complexity index is 639. The van der Waals surface area contributed by atoms with Gasteiger partial charge in [0.05, 0.1) is 0 Å². The molecule has 2 heteroatoms. The lowest BCUT2D eigenvalue weighted by molar-refractivity contribution is 0.103. The molecule has 0 bridgehead atoms. The van der Waals surface area contributed by atoms with Crippen LogP contribution in [0.1, 0.15) is 33.2 Å². The zero-order valence-corrected chi connectivity index (χ0v) is 10.6. The topological polar surface area (TPSA) is 34.1 Å². The third-order valence-electron chi connectivity index (χ3n) is 2.73. The second-order valence-electron chi connectivity index (χ2n) is 4.30. The Morgan fingerprint density at radius 3 is 2.37 bits per heavy atom. The third-order valence-corrected chi connectivity index (χ3v) is 2.73. The van der Waals surface area contributed by atoms with Gasteiger partial charge in [0.2, 0.25) is 0 Å². The van der Waals surface area contributed by atoms with Crippen LogP contribution in [0, 0.1) is 6.07 Å². The molecule has 0 fully saturated rings. The Hall–Kier alpha value is -2.48. The monoisotopic (exact) mass is 249 g/mol. The van der Waals surface area contributed by atoms with Crippen molar-refractivity contribution in [3.63, 3.8) is 0 Å². The predicted molar refractivity (Wildman–Crippen MR) is 74.3 cm³/mol. The second-order valence-corrected chi connectivity index (χ2v) is 4.30. The zero-order chi connectivity index (χ0) is 13.8. The van der Waals surface area contributed by atoms with Crippen molar-refractivity contribution in [3.05, 3.63) is 83.4 Å². The summed E-state index contributed by atoms with van der Waals surface area (Å²) in [6.45, 7) is 5.25. The van der Waals surface area contributed by atoms with Crippen molar-refractivity contribution in [1.82, 2.24) is 0 Å². The highest BCUT2D eigenvalue weighted by atomic mass is 16.1. The van der Waals surface area contributed by atoms with Crippen molar-refractivity contribution < 1.29 is 9.59 Å². The molecule has 19 heavy (non-hydrogen) atoms. The number of rotatable bonds is 4. The summed E-state index contributed by atoms with van der Waals surface area (Å²) in [7, 11) is 0. The molecule has 0 saturated heterocycles. The van der Waals surface area contributed by atoms with Gasteiger partial charge in [0, 0.05) is 16.7 Å². The highest BCUT2D eigenvalue weighted by Crippen LogP contribution is 2.13. The molecule has 0 aliphatic rings. The van der Waals surface area contributed by atoms with Crippen LogP contribution >= 0.6 is 0 Å². The maximum atomic E-state index is 12.2. The first-order valence-electron chi connectivity index (χ1n) is 5.91. The number of Topliss-reactive ketones (excluding diaryl/α,β-unsaturated/α-hetero) is 1. The maximum Gasteiger partial charge on any atom is 0.193 e. The predicted octanol–water partition coefficient (Wildman–Crippen LogP) is 3.48. The Balaban J connectivity index is 2.37. The maximum absolute atomic E-state index is 12.2. The van der Waals surface area contributed by atoms with Gasteiger partial charge in [-0.3, -0.25) is 9.59 Å². The molecular formula is C17H13O2. The van der Waals surface area contributed by atoms with Crippen LogP contribution in [0.4, 0.5) is 0 Å². The number of carbonyl (C=O) groups is 2. The summed E-state index contributed by atoms with van der Waals surface area (Å²) >= 11 is 0. The van der Waals surface area contributed by atoms with Gasteiger partial charge < -0.3 is 0 Å². The lowest BCUT2D eigenvalue weighted by Gasteiger charge is -2.04. The van der Waals surface area contributed by atoms with E-state index >= 15 is 0 Å². The molecule has 0 aliphatic heterocycles. The number of allylic oxidation sites excluding steroid dienone is 1. The minimum atomic E-state index is -0.192. The molecule has 0 aliphatic carbocycles. The van der Waals surface area contributed by atoms with Crippen molar-refractivity contribution >= 4 is 11.6 Å². The van der Waals surface area contributed by atoms with E-state index in [1.165, 1.54) is 0 Å². The van der Waals surface area contributed by atoms with E-state index < -0.39 is 0 Å². The molecule has 2 nitrogen and oxygen atoms in total. The van der Waals surface area contributed by atoms with Crippen molar-refractivity contribution in [3.8, 4) is 0 Å². The van der Waals surface area contributed by atoms with Gasteiger partial charge in [-0.2, -0.15) is 0 Å². The molecule has 0 saturated carbocycles. The molecule has 2 rings (SSSR count). The molecule has 93 valence electrons. The summed E-state index contributed by atoms with van der Waals surface area (Å²) in [5.41, 5.74) is 1.88. The lowest BCUT2D eigenvalue weighted by Crippen LogP contribution is -2.05. The highest BCUT2D eigenvalue weighted by Gasteiger charge is 2.12. The lowest BCUT2D eigenvalue weighted by atomic mass is 9.98. The van der Waals surface area contributed by atoms with Gasteiger partial charge in [0.25, 0.3) is 0 Å². The molecule has 0 atom stereocenters. The molecule has 1 radical (unpaired) electrons. The van der Waals surface area contributed by atoms with Crippen molar-refractivity contribution in [1.29, 1.82) is 0 Å². The van der Waals surface area contributed by atoms with Crippen molar-refractivity contribution in [2.24, 2.45) is 0 Å². The van der Waals surface area contributed by atoms with Gasteiger partial charge in [-0.15, -0.1) is 0 Å². The molecule has 2 aromatic carbocycles. The molecule has 0 spiro atoms. The molecular weight excluding hydrogens is 236 g/mol. The fraction of sp³-hybridized carbons (Fsp3) is 0.0588. The number of carbonyl (C=O) groups excluding carboxylic acids is 2. The summed E-state index contributed by atoms with van der Waals surface area (Å²) < 4.78 is 0. The fourth-order valence-corrected chi connectivity index (χ4v) is 1.72. The van der Waals surface area contributed by atoms with Crippen LogP contribution in [0.25, 0.3) is 0 Å². The SMILES string of the molecule is C=C(C)C(=O)c1[c]ccc(C(=O)c2ccccc2)c1. The highest BCUT2D eigenvalue weighted by molar-refractivity contribution is 6.12. The normalized spacial score (nSPS) is 9.95. The molecule has 0 N–H and O–H groups in total. The quantitative estimate of drug-likeness (QED) is 0.614. The van der Waals surface area contributed by atoms with Gasteiger partial charge in [-0.05, 0) is 24.6 Å². The van der Waals surface area contributed by atoms with Crippen LogP contribution in [0.15, 0.2) is 60.7 Å². The minimum Gasteiger partial charge on any atom is -0.289 e. The number of hydrogen-bond donors (Lipinski definition) is 0. The summed E-state index contributed by atoms with van der Waals surface area (Å²) in [5.74, 6) is -0.298. The average Bonchev–Trinajstić information content (AvgIpc) is 2.46. The van der Waals surface area contributed by atoms with Gasteiger partial charge >= 0.3 is 0 Å². The minimum absolute atomic E-state index is 0.106. The summed E-state index contributed by atoms with van der Waals surface area (Å²) in [6.07, 6.45) is 0. The molecule has 0 heterocycles. The molecule has 2 aromatic rings. The number of hydrogen-bond acceptors (Lipinski definition) is 2. The van der Waals surface area contributed by atoms with E-state index in [-0.39, 0.29) is 11.6 Å². The first kappa shape index (κ1) is 13.0. The third kappa shape index (κ3) is 2.86. The van der Waals surface area contributed by atoms with Crippen molar-refractivity contribution in [2.45, 2.75) is 6.92 Å². The van der Waals surface area contributed by atoms with Gasteiger partial charge in [0.15, 0.2) is 11.6 Å². The van der Waals surface area contributed by atoms with E-state index in [2.05, 4.69) is 12.6 Å². The van der Waals surface area contributed by atoms with Gasteiger partial charge in [0.1, 0.15) is 0 Å². The standard InChI is InChI=1S/C17H13O2/c1-12(2)16(18)14-9-6-10-15(11-14)17(19)13-7-4-3-5-8-13/h3-8,10-11H,1H2,2H3. The Labute approximate surface area is 112 Å². The van der Waals surface area contributed by atoms with Crippen LogP contribution in [0.3, 0.4) is 0 Å². The van der Waals surface area contributed by atoms with E-state index in [1.807, 2.05) is 18.2 Å². The number of benzene rings is 2. The molecule has 0 unspecified atom stereocenters. The van der Waals surface area contributed by atoms with E-state index in [0.717, 1.165) is 0 Å². The van der Waals surface area contributed by atoms with Crippen LogP contribution in [-0.2, 0) is 0 Å². The van der Waals surface area contributed by atoms with Gasteiger partial charge in [-0.1, -0.05) is 49.0 Å². The molecule has 0 aromatic heterocycles. The van der Waals surface area contributed by atoms with E-state index in [1.54, 1.807) is 37.3 Å². The van der Waals surface area contributed by atoms with Crippen LogP contribution < -0.4 is 0 Å². The Morgan fingerprint density at radius 1 is 1.05 bits per heavy atom. The zero-order valence-electron chi connectivity index (χ0n) is 10.6. The Kier molecular flexibility index (Phi) is 3.71. The second kappa shape index (κ2) is 5.44. The van der Waals surface area contributed by atoms with Crippen LogP contribution in [0.2, 0.25) is 0 Å². The van der Waals surface area contributed by atoms with E-state index in [4.69, 9.17) is 0 Å². The van der Waals surface area contributed by atoms with Crippen LogP contribution in [0.5, 0.6) is 0 Å². The van der Waals surface area contributed by atoms with Gasteiger partial charge in [-0.25, -0.2) is 0 Å². The average molecular weight is 249 g/mol. The largest absolute Gasteiger partial charge is 0.289 e.